The highest BCUT2D eigenvalue weighted by atomic mass is 16.6. The molecular formula is C26H31N5O6. The van der Waals surface area contributed by atoms with Gasteiger partial charge in [0.05, 0.1) is 30.6 Å². The van der Waals surface area contributed by atoms with Gasteiger partial charge in [-0.15, -0.1) is 0 Å². The summed E-state index contributed by atoms with van der Waals surface area (Å²) in [6.07, 6.45) is 0.654. The number of carboxylic acids is 1. The maximum absolute atomic E-state index is 12.6. The molecular weight excluding hydrogens is 478 g/mol. The van der Waals surface area contributed by atoms with Gasteiger partial charge in [-0.1, -0.05) is 18.2 Å². The van der Waals surface area contributed by atoms with Crippen LogP contribution >= 0.6 is 0 Å². The molecule has 3 aromatic rings. The van der Waals surface area contributed by atoms with Crippen LogP contribution in [0.5, 0.6) is 0 Å². The van der Waals surface area contributed by atoms with Crippen LogP contribution in [-0.4, -0.2) is 45.9 Å². The summed E-state index contributed by atoms with van der Waals surface area (Å²) >= 11 is 0. The van der Waals surface area contributed by atoms with Gasteiger partial charge in [-0.2, -0.15) is 0 Å². The number of aromatic carboxylic acids is 1. The number of methoxy groups -OCH3 is 1. The lowest BCUT2D eigenvalue weighted by Gasteiger charge is -2.23. The van der Waals surface area contributed by atoms with Gasteiger partial charge >= 0.3 is 18.2 Å². The summed E-state index contributed by atoms with van der Waals surface area (Å²) in [5.74, 6) is -0.598. The average molecular weight is 510 g/mol. The van der Waals surface area contributed by atoms with E-state index in [1.165, 1.54) is 13.2 Å². The van der Waals surface area contributed by atoms with E-state index in [1.54, 1.807) is 63.4 Å². The molecule has 6 N–H and O–H groups in total. The van der Waals surface area contributed by atoms with Gasteiger partial charge in [-0.05, 0) is 56.2 Å². The number of carbonyl (C=O) groups excluding carboxylic acids is 2. The van der Waals surface area contributed by atoms with Gasteiger partial charge in [-0.25, -0.2) is 19.4 Å². The van der Waals surface area contributed by atoms with Gasteiger partial charge in [0.1, 0.15) is 11.4 Å². The van der Waals surface area contributed by atoms with Crippen molar-refractivity contribution in [3.05, 3.63) is 71.2 Å². The molecule has 2 amide bonds. The van der Waals surface area contributed by atoms with Gasteiger partial charge < -0.3 is 30.6 Å². The fourth-order valence-corrected chi connectivity index (χ4v) is 3.66. The molecule has 0 bridgehead atoms. The Hall–Kier alpha value is -4.38. The molecule has 1 aromatic heterocycles. The molecule has 1 heterocycles. The minimum absolute atomic E-state index is 0.141. The van der Waals surface area contributed by atoms with Gasteiger partial charge in [-0.3, -0.25) is 5.32 Å². The van der Waals surface area contributed by atoms with Crippen LogP contribution in [0.1, 0.15) is 54.1 Å². The number of anilines is 1. The minimum Gasteiger partial charge on any atom is -0.478 e. The average Bonchev–Trinajstić information content (AvgIpc) is 3.32. The van der Waals surface area contributed by atoms with E-state index in [1.807, 2.05) is 0 Å². The van der Waals surface area contributed by atoms with Crippen LogP contribution in [0.2, 0.25) is 0 Å². The van der Waals surface area contributed by atoms with Gasteiger partial charge in [0.25, 0.3) is 0 Å². The summed E-state index contributed by atoms with van der Waals surface area (Å²) in [6, 6.07) is 11.1. The lowest BCUT2D eigenvalue weighted by atomic mass is 10.0. The Labute approximate surface area is 214 Å². The fourth-order valence-electron chi connectivity index (χ4n) is 3.66. The Morgan fingerprint density at radius 2 is 1.89 bits per heavy atom. The Morgan fingerprint density at radius 3 is 2.54 bits per heavy atom. The molecule has 0 spiro atoms. The molecule has 0 aliphatic heterocycles. The largest absolute Gasteiger partial charge is 0.478 e. The van der Waals surface area contributed by atoms with Crippen LogP contribution in [0.4, 0.5) is 15.3 Å². The predicted octanol–water partition coefficient (Wildman–Crippen LogP) is 4.22. The SMILES string of the molecule is COC(=O)Nc1ccc(-c2cnc([C@H](Cc3cccc(C(=O)O)c3)NC(=O)OC(C)(C)C)[nH]2)c(CN)c1. The maximum Gasteiger partial charge on any atom is 0.411 e. The van der Waals surface area contributed by atoms with Crippen molar-refractivity contribution in [3.8, 4) is 11.3 Å². The van der Waals surface area contributed by atoms with Crippen molar-refractivity contribution in [3.63, 3.8) is 0 Å². The second-order valence-electron chi connectivity index (χ2n) is 9.28. The van der Waals surface area contributed by atoms with Crippen LogP contribution in [-0.2, 0) is 22.4 Å². The maximum atomic E-state index is 12.6. The third-order valence-electron chi connectivity index (χ3n) is 5.28. The summed E-state index contributed by atoms with van der Waals surface area (Å²) < 4.78 is 10.1. The number of ether oxygens (including phenoxy) is 2. The van der Waals surface area contributed by atoms with Crippen molar-refractivity contribution in [1.29, 1.82) is 0 Å². The number of hydrogen-bond acceptors (Lipinski definition) is 7. The second-order valence-corrected chi connectivity index (χ2v) is 9.28. The first-order valence-corrected chi connectivity index (χ1v) is 11.5. The Balaban J connectivity index is 1.92. The molecule has 2 aromatic carbocycles. The summed E-state index contributed by atoms with van der Waals surface area (Å²) in [7, 11) is 1.28. The first-order valence-electron chi connectivity index (χ1n) is 11.5. The molecule has 37 heavy (non-hydrogen) atoms. The molecule has 3 rings (SSSR count). The van der Waals surface area contributed by atoms with Crippen LogP contribution in [0, 0.1) is 0 Å². The number of alkyl carbamates (subject to hydrolysis) is 1. The number of carbonyl (C=O) groups is 3. The molecule has 11 heteroatoms. The second kappa shape index (κ2) is 11.6. The number of nitrogens with zero attached hydrogens (tertiary/aromatic N) is 1. The molecule has 0 fully saturated rings. The number of nitrogens with one attached hydrogen (secondary N) is 3. The summed E-state index contributed by atoms with van der Waals surface area (Å²) in [5.41, 5.74) is 8.77. The lowest BCUT2D eigenvalue weighted by Crippen LogP contribution is -2.36. The van der Waals surface area contributed by atoms with Gasteiger partial charge in [0.15, 0.2) is 0 Å². The minimum atomic E-state index is -1.04. The smallest absolute Gasteiger partial charge is 0.411 e. The number of imidazole rings is 1. The molecule has 11 nitrogen and oxygen atoms in total. The predicted molar refractivity (Wildman–Crippen MR) is 137 cm³/mol. The van der Waals surface area contributed by atoms with Crippen molar-refractivity contribution in [2.45, 2.75) is 45.4 Å². The fraction of sp³-hybridized carbons (Fsp3) is 0.308. The standard InChI is InChI=1S/C26H31N5O6/c1-26(2,3)37-25(35)31-20(11-15-6-5-7-16(10-15)23(32)33)22-28-14-21(30-22)19-9-8-18(12-17(19)13-27)29-24(34)36-4/h5-10,12,14,20H,11,13,27H2,1-4H3,(H,28,30)(H,29,34)(H,31,35)(H,32,33)/t20-/m0/s1. The van der Waals surface area contributed by atoms with E-state index in [0.717, 1.165) is 11.1 Å². The lowest BCUT2D eigenvalue weighted by molar-refractivity contribution is 0.0500. The summed E-state index contributed by atoms with van der Waals surface area (Å²) in [6.45, 7) is 5.48. The number of H-pyrrole nitrogens is 1. The zero-order chi connectivity index (χ0) is 27.2. The van der Waals surface area contributed by atoms with E-state index >= 15 is 0 Å². The van der Waals surface area contributed by atoms with Crippen LogP contribution in [0.25, 0.3) is 11.3 Å². The van der Waals surface area contributed by atoms with Crippen LogP contribution in [0.3, 0.4) is 0 Å². The highest BCUT2D eigenvalue weighted by Crippen LogP contribution is 2.27. The Morgan fingerprint density at radius 1 is 1.14 bits per heavy atom. The van der Waals surface area contributed by atoms with Crippen molar-refractivity contribution in [1.82, 2.24) is 15.3 Å². The molecule has 0 aliphatic carbocycles. The van der Waals surface area contributed by atoms with Crippen molar-refractivity contribution in [2.75, 3.05) is 12.4 Å². The van der Waals surface area contributed by atoms with E-state index in [0.29, 0.717) is 22.8 Å². The van der Waals surface area contributed by atoms with Crippen LogP contribution in [0.15, 0.2) is 48.7 Å². The number of carboxylic acid groups (broad SMARTS) is 1. The molecule has 196 valence electrons. The number of amides is 2. The van der Waals surface area contributed by atoms with E-state index < -0.39 is 29.8 Å². The topological polar surface area (TPSA) is 169 Å². The number of aromatic nitrogens is 2. The zero-order valence-electron chi connectivity index (χ0n) is 21.1. The normalized spacial score (nSPS) is 11.9. The van der Waals surface area contributed by atoms with E-state index in [9.17, 15) is 19.5 Å². The molecule has 1 atom stereocenters. The molecule has 0 radical (unpaired) electrons. The first kappa shape index (κ1) is 27.2. The number of nitrogens with two attached hydrogens (primary N) is 1. The first-order chi connectivity index (χ1) is 17.5. The summed E-state index contributed by atoms with van der Waals surface area (Å²) in [4.78, 5) is 43.3. The van der Waals surface area contributed by atoms with E-state index in [4.69, 9.17) is 10.5 Å². The Kier molecular flexibility index (Phi) is 8.51. The van der Waals surface area contributed by atoms with E-state index in [-0.39, 0.29) is 18.5 Å². The number of hydrogen-bond donors (Lipinski definition) is 5. The number of benzene rings is 2. The highest BCUT2D eigenvalue weighted by molar-refractivity contribution is 5.87. The van der Waals surface area contributed by atoms with Gasteiger partial charge in [0, 0.05) is 24.2 Å². The van der Waals surface area contributed by atoms with Crippen molar-refractivity contribution >= 4 is 23.8 Å². The molecule has 0 saturated heterocycles. The molecule has 0 saturated carbocycles. The van der Waals surface area contributed by atoms with Gasteiger partial charge in [0.2, 0.25) is 0 Å². The van der Waals surface area contributed by atoms with Crippen molar-refractivity contribution < 1.29 is 29.0 Å². The van der Waals surface area contributed by atoms with Crippen LogP contribution < -0.4 is 16.4 Å². The Bertz CT molecular complexity index is 1280. The number of rotatable bonds is 8. The summed E-state index contributed by atoms with van der Waals surface area (Å²) in [5, 5.41) is 14.8. The third-order valence-corrected chi connectivity index (χ3v) is 5.28. The van der Waals surface area contributed by atoms with Crippen molar-refractivity contribution in [2.24, 2.45) is 5.73 Å². The third kappa shape index (κ3) is 7.55. The molecule has 0 unspecified atom stereocenters. The molecule has 0 aliphatic rings. The van der Waals surface area contributed by atoms with E-state index in [2.05, 4.69) is 25.3 Å². The zero-order valence-corrected chi connectivity index (χ0v) is 21.1. The highest BCUT2D eigenvalue weighted by Gasteiger charge is 2.24. The number of aromatic amines is 1. The quantitative estimate of drug-likeness (QED) is 0.301. The monoisotopic (exact) mass is 509 g/mol.